The number of aromatic nitrogens is 8. The Morgan fingerprint density at radius 1 is 0.696 bits per heavy atom. The van der Waals surface area contributed by atoms with Gasteiger partial charge in [0.15, 0.2) is 35.4 Å². The molecule has 10 atom stereocenters. The van der Waals surface area contributed by atoms with E-state index in [4.69, 9.17) is 39.5 Å². The zero-order valence-electron chi connectivity index (χ0n) is 23.4. The second-order valence-electron chi connectivity index (χ2n) is 10.7. The van der Waals surface area contributed by atoms with Crippen molar-refractivity contribution in [3.63, 3.8) is 0 Å². The SMILES string of the molecule is Nc1ncnc2c1ncn2[C@@H]1O[C@@H]2COP(=O)(O)CO[C@@H]3C(O)[C@@H](COP(=O)(O)COC2[C@H]1O)O[C@H]3n1cnc2c(N)ncnc21. The normalized spacial score (nSPS) is 37.7. The summed E-state index contributed by atoms with van der Waals surface area (Å²) >= 11 is 0. The first kappa shape index (κ1) is 31.4. The lowest BCUT2D eigenvalue weighted by atomic mass is 10.1. The van der Waals surface area contributed by atoms with Crippen molar-refractivity contribution in [2.75, 3.05) is 37.4 Å². The minimum Gasteiger partial charge on any atom is -0.387 e. The molecule has 248 valence electrons. The molecule has 0 amide bonds. The first-order valence-corrected chi connectivity index (χ1v) is 17.1. The molecule has 0 saturated carbocycles. The topological polar surface area (TPSA) is 310 Å². The second kappa shape index (κ2) is 11.8. The van der Waals surface area contributed by atoms with Crippen LogP contribution in [0.5, 0.6) is 0 Å². The van der Waals surface area contributed by atoms with Crippen LogP contribution in [0.2, 0.25) is 0 Å². The Hall–Kier alpha value is -3.24. The zero-order valence-corrected chi connectivity index (χ0v) is 25.2. The van der Waals surface area contributed by atoms with E-state index in [0.717, 1.165) is 0 Å². The maximum atomic E-state index is 13.1. The molecule has 24 heteroatoms. The summed E-state index contributed by atoms with van der Waals surface area (Å²) in [6, 6.07) is 0. The van der Waals surface area contributed by atoms with E-state index in [0.29, 0.717) is 0 Å². The molecule has 4 unspecified atom stereocenters. The molecule has 0 spiro atoms. The third-order valence-electron chi connectivity index (χ3n) is 7.69. The summed E-state index contributed by atoms with van der Waals surface area (Å²) in [4.78, 5) is 45.6. The fourth-order valence-corrected chi connectivity index (χ4v) is 7.11. The Kier molecular flexibility index (Phi) is 8.03. The number of hydrogen-bond acceptors (Lipinski definition) is 18. The third-order valence-corrected chi connectivity index (χ3v) is 9.74. The van der Waals surface area contributed by atoms with Crippen LogP contribution in [-0.2, 0) is 37.1 Å². The van der Waals surface area contributed by atoms with Gasteiger partial charge in [0.05, 0.1) is 25.9 Å². The van der Waals surface area contributed by atoms with Crippen LogP contribution < -0.4 is 11.5 Å². The molecule has 4 aromatic heterocycles. The molecule has 3 aliphatic heterocycles. The number of hydrogen-bond donors (Lipinski definition) is 6. The number of aliphatic hydroxyl groups excluding tert-OH is 2. The standard InChI is InChI=1S/C22H28N10O12P2/c23-17-11-19(27-3-25-17)31(5-29-11)21-14(34)15-10(44-21)2-42-46(37,38)8-40-16-13(33)9(1-41-45(35,36)7-39-15)43-22(16)32-6-30-12-18(24)26-4-28-20(12)32/h3-6,9-10,13-16,21-22,33-34H,1-2,7-8H2,(H,35,36)(H,37,38)(H2,23,25,27)(H2,24,26,28)/t9-,10-,13?,14-,15?,16-,21-,22-/m1/s1. The van der Waals surface area contributed by atoms with Crippen molar-refractivity contribution in [2.24, 2.45) is 0 Å². The number of rotatable bonds is 2. The summed E-state index contributed by atoms with van der Waals surface area (Å²) < 4.78 is 62.6. The van der Waals surface area contributed by atoms with E-state index in [1.165, 1.54) is 34.4 Å². The highest BCUT2D eigenvalue weighted by molar-refractivity contribution is 7.52. The van der Waals surface area contributed by atoms with Crippen molar-refractivity contribution in [1.29, 1.82) is 0 Å². The summed E-state index contributed by atoms with van der Waals surface area (Å²) in [7, 11) is -9.14. The van der Waals surface area contributed by atoms with Crippen LogP contribution in [0, 0.1) is 0 Å². The molecule has 4 aromatic rings. The molecule has 3 saturated heterocycles. The average molecular weight is 686 g/mol. The molecule has 46 heavy (non-hydrogen) atoms. The van der Waals surface area contributed by atoms with Gasteiger partial charge in [0.25, 0.3) is 0 Å². The van der Waals surface area contributed by atoms with Gasteiger partial charge in [-0.25, -0.2) is 29.9 Å². The average Bonchev–Trinajstić information content (AvgIpc) is 3.77. The van der Waals surface area contributed by atoms with E-state index in [1.54, 1.807) is 0 Å². The predicted octanol–water partition coefficient (Wildman–Crippen LogP) is -1.55. The Bertz CT molecular complexity index is 1860. The molecular formula is C22H28N10O12P2. The quantitative estimate of drug-likeness (QED) is 0.130. The fraction of sp³-hybridized carbons (Fsp3) is 0.545. The van der Waals surface area contributed by atoms with Crippen LogP contribution in [-0.4, -0.2) is 122 Å². The molecule has 2 bridgehead atoms. The van der Waals surface area contributed by atoms with Gasteiger partial charge in [0.2, 0.25) is 0 Å². The van der Waals surface area contributed by atoms with E-state index >= 15 is 0 Å². The molecule has 22 nitrogen and oxygen atoms in total. The predicted molar refractivity (Wildman–Crippen MR) is 150 cm³/mol. The number of anilines is 2. The van der Waals surface area contributed by atoms with Crippen molar-refractivity contribution in [1.82, 2.24) is 39.0 Å². The number of fused-ring (bicyclic) bond motifs is 5. The Balaban J connectivity index is 1.16. The van der Waals surface area contributed by atoms with Crippen LogP contribution in [0.4, 0.5) is 11.6 Å². The fourth-order valence-electron chi connectivity index (χ4n) is 5.48. The molecular weight excluding hydrogens is 658 g/mol. The van der Waals surface area contributed by atoms with Gasteiger partial charge in [-0.15, -0.1) is 0 Å². The van der Waals surface area contributed by atoms with Gasteiger partial charge in [-0.05, 0) is 0 Å². The molecule has 8 N–H and O–H groups in total. The van der Waals surface area contributed by atoms with Gasteiger partial charge in [0.1, 0.15) is 73.0 Å². The minimum absolute atomic E-state index is 0.0713. The number of aliphatic hydroxyl groups is 2. The molecule has 0 aliphatic carbocycles. The van der Waals surface area contributed by atoms with E-state index < -0.39 is 90.2 Å². The van der Waals surface area contributed by atoms with E-state index in [1.807, 2.05) is 0 Å². The number of nitrogen functional groups attached to an aromatic ring is 2. The van der Waals surface area contributed by atoms with E-state index in [9.17, 15) is 29.1 Å². The lowest BCUT2D eigenvalue weighted by molar-refractivity contribution is -0.0696. The van der Waals surface area contributed by atoms with Crippen LogP contribution in [0.15, 0.2) is 25.3 Å². The molecule has 7 rings (SSSR count). The smallest absolute Gasteiger partial charge is 0.353 e. The molecule has 3 aliphatic rings. The second-order valence-corrected chi connectivity index (χ2v) is 14.2. The van der Waals surface area contributed by atoms with Crippen LogP contribution in [0.1, 0.15) is 12.5 Å². The maximum absolute atomic E-state index is 13.1. The molecule has 0 radical (unpaired) electrons. The van der Waals surface area contributed by atoms with Crippen molar-refractivity contribution in [3.8, 4) is 0 Å². The van der Waals surface area contributed by atoms with Gasteiger partial charge in [-0.3, -0.25) is 18.3 Å². The highest BCUT2D eigenvalue weighted by Crippen LogP contribution is 2.48. The largest absolute Gasteiger partial charge is 0.387 e. The summed E-state index contributed by atoms with van der Waals surface area (Å²) in [5.74, 6) is 0.149. The number of ether oxygens (including phenoxy) is 4. The lowest BCUT2D eigenvalue weighted by Crippen LogP contribution is -2.37. The van der Waals surface area contributed by atoms with Gasteiger partial charge in [-0.2, -0.15) is 0 Å². The Morgan fingerprint density at radius 2 is 1.20 bits per heavy atom. The Morgan fingerprint density at radius 3 is 1.78 bits per heavy atom. The first-order valence-electron chi connectivity index (χ1n) is 13.6. The number of nitrogens with zero attached hydrogens (tertiary/aromatic N) is 8. The van der Waals surface area contributed by atoms with Crippen molar-refractivity contribution >= 4 is 49.2 Å². The highest BCUT2D eigenvalue weighted by Gasteiger charge is 2.50. The molecule has 3 fully saturated rings. The van der Waals surface area contributed by atoms with Gasteiger partial charge < -0.3 is 59.5 Å². The maximum Gasteiger partial charge on any atom is 0.353 e. The summed E-state index contributed by atoms with van der Waals surface area (Å²) in [6.07, 6.45) is -7.57. The highest BCUT2D eigenvalue weighted by atomic mass is 31.2. The number of imidazole rings is 2. The van der Waals surface area contributed by atoms with Crippen molar-refractivity contribution < 1.29 is 57.1 Å². The van der Waals surface area contributed by atoms with Crippen molar-refractivity contribution in [2.45, 2.75) is 49.1 Å². The van der Waals surface area contributed by atoms with Crippen molar-refractivity contribution in [3.05, 3.63) is 25.3 Å². The first-order chi connectivity index (χ1) is 21.9. The van der Waals surface area contributed by atoms with Crippen LogP contribution in [0.25, 0.3) is 22.3 Å². The number of nitrogens with two attached hydrogens (primary N) is 2. The minimum atomic E-state index is -4.58. The Labute approximate surface area is 257 Å². The molecule has 7 heterocycles. The molecule has 0 aromatic carbocycles. The summed E-state index contributed by atoms with van der Waals surface area (Å²) in [6.45, 7) is -1.25. The lowest BCUT2D eigenvalue weighted by Gasteiger charge is -2.24. The van der Waals surface area contributed by atoms with Gasteiger partial charge >= 0.3 is 15.2 Å². The van der Waals surface area contributed by atoms with Crippen LogP contribution >= 0.6 is 15.2 Å². The zero-order chi connectivity index (χ0) is 32.4. The van der Waals surface area contributed by atoms with E-state index in [-0.39, 0.29) is 34.0 Å². The van der Waals surface area contributed by atoms with E-state index in [2.05, 4.69) is 29.9 Å². The van der Waals surface area contributed by atoms with Gasteiger partial charge in [0, 0.05) is 0 Å². The third kappa shape index (κ3) is 5.65. The monoisotopic (exact) mass is 686 g/mol. The van der Waals surface area contributed by atoms with Gasteiger partial charge in [-0.1, -0.05) is 0 Å². The summed E-state index contributed by atoms with van der Waals surface area (Å²) in [5.41, 5.74) is 12.6. The summed E-state index contributed by atoms with van der Waals surface area (Å²) in [5, 5.41) is 22.3. The van der Waals surface area contributed by atoms with Crippen LogP contribution in [0.3, 0.4) is 0 Å².